The number of rotatable bonds is 1. The Morgan fingerprint density at radius 1 is 1.25 bits per heavy atom. The molecule has 3 saturated carbocycles. The lowest BCUT2D eigenvalue weighted by Gasteiger charge is -2.69. The van der Waals surface area contributed by atoms with Crippen LogP contribution >= 0.6 is 0 Å². The first-order valence-corrected chi connectivity index (χ1v) is 8.65. The predicted octanol–water partition coefficient (Wildman–Crippen LogP) is 1.79. The zero-order valence-corrected chi connectivity index (χ0v) is 14.5. The van der Waals surface area contributed by atoms with E-state index in [0.29, 0.717) is 26.2 Å². The summed E-state index contributed by atoms with van der Waals surface area (Å²) in [5.41, 5.74) is -0.754. The average molecular weight is 332 g/mol. The monoisotopic (exact) mass is 332 g/mol. The third kappa shape index (κ3) is 2.08. The molecule has 1 atom stereocenters. The number of piperazine rings is 1. The van der Waals surface area contributed by atoms with Gasteiger partial charge in [-0.1, -0.05) is 0 Å². The van der Waals surface area contributed by atoms with Gasteiger partial charge in [0.15, 0.2) is 0 Å². The maximum absolute atomic E-state index is 12.7. The van der Waals surface area contributed by atoms with Crippen LogP contribution in [0.3, 0.4) is 0 Å². The summed E-state index contributed by atoms with van der Waals surface area (Å²) in [6.07, 6.45) is 2.15. The molecule has 0 spiro atoms. The summed E-state index contributed by atoms with van der Waals surface area (Å²) in [6.45, 7) is 7.82. The first-order valence-electron chi connectivity index (χ1n) is 8.65. The Balaban J connectivity index is 1.41. The lowest BCUT2D eigenvalue weighted by atomic mass is 9.39. The highest BCUT2D eigenvalue weighted by molar-refractivity contribution is 5.80. The van der Waals surface area contributed by atoms with Crippen molar-refractivity contribution >= 4 is 12.1 Å². The average Bonchev–Trinajstić information content (AvgIpc) is 2.72. The topological polar surface area (TPSA) is 76.9 Å². The molecule has 7 heteroatoms. The molecule has 0 aromatic heterocycles. The summed E-state index contributed by atoms with van der Waals surface area (Å²) in [4.78, 5) is 30.6. The first-order chi connectivity index (χ1) is 11.2. The Bertz CT molecular complexity index is 627. The molecule has 3 amide bonds. The van der Waals surface area contributed by atoms with Gasteiger partial charge in [0.05, 0.1) is 17.5 Å². The fourth-order valence-corrected chi connectivity index (χ4v) is 4.74. The van der Waals surface area contributed by atoms with E-state index in [4.69, 9.17) is 4.74 Å². The highest BCUT2D eigenvalue weighted by Crippen LogP contribution is 2.70. The van der Waals surface area contributed by atoms with Crippen LogP contribution < -0.4 is 0 Å². The summed E-state index contributed by atoms with van der Waals surface area (Å²) >= 11 is 0. The number of carbonyl (C=O) groups excluding carboxylic acids is 2. The van der Waals surface area contributed by atoms with Gasteiger partial charge in [-0.2, -0.15) is 5.26 Å². The fraction of sp³-hybridized carbons (Fsp3) is 0.824. The smallest absolute Gasteiger partial charge is 0.410 e. The molecule has 5 rings (SSSR count). The minimum Gasteiger partial charge on any atom is -0.444 e. The van der Waals surface area contributed by atoms with Gasteiger partial charge < -0.3 is 19.4 Å². The van der Waals surface area contributed by atoms with Gasteiger partial charge in [-0.15, -0.1) is 0 Å². The summed E-state index contributed by atoms with van der Waals surface area (Å²) in [7, 11) is 0. The van der Waals surface area contributed by atoms with Crippen LogP contribution in [0.5, 0.6) is 0 Å². The minimum atomic E-state index is -0.511. The maximum atomic E-state index is 12.7. The molecule has 0 unspecified atom stereocenters. The second kappa shape index (κ2) is 4.56. The van der Waals surface area contributed by atoms with Crippen LogP contribution in [-0.4, -0.2) is 70.2 Å². The molecule has 2 saturated heterocycles. The van der Waals surface area contributed by atoms with Crippen molar-refractivity contribution in [2.24, 2.45) is 5.41 Å². The van der Waals surface area contributed by atoms with Crippen LogP contribution in [-0.2, 0) is 4.74 Å². The lowest BCUT2D eigenvalue weighted by Crippen LogP contribution is -2.74. The third-order valence-electron chi connectivity index (χ3n) is 5.82. The Kier molecular flexibility index (Phi) is 2.95. The van der Waals surface area contributed by atoms with Crippen molar-refractivity contribution in [2.75, 3.05) is 26.2 Å². The molecular formula is C17H24N4O3. The molecule has 0 aromatic rings. The van der Waals surface area contributed by atoms with E-state index in [-0.39, 0.29) is 29.1 Å². The van der Waals surface area contributed by atoms with E-state index in [9.17, 15) is 14.9 Å². The summed E-state index contributed by atoms with van der Waals surface area (Å²) in [6, 6.07) is 2.50. The second-order valence-corrected chi connectivity index (χ2v) is 8.81. The number of urea groups is 1. The van der Waals surface area contributed by atoms with E-state index in [2.05, 4.69) is 6.07 Å². The number of nitrogens with zero attached hydrogens (tertiary/aromatic N) is 4. The number of amides is 3. The van der Waals surface area contributed by atoms with Crippen molar-refractivity contribution in [3.8, 4) is 6.07 Å². The number of hydrogen-bond acceptors (Lipinski definition) is 4. The first kappa shape index (κ1) is 15.6. The van der Waals surface area contributed by atoms with Crippen molar-refractivity contribution < 1.29 is 14.3 Å². The standard InChI is InChI=1S/C17H24N4O3/c1-15(2,3)24-14(23)19-4-5-20-12(6-19)7-21(13(20)22)17-8-16(9-17,10-17)11-18/h12H,4-10H2,1-3H3/t12-,16?,17?/m0/s1. The maximum Gasteiger partial charge on any atom is 0.410 e. The molecule has 24 heavy (non-hydrogen) atoms. The molecule has 130 valence electrons. The number of hydrogen-bond donors (Lipinski definition) is 0. The Labute approximate surface area is 142 Å². The molecule has 0 radical (unpaired) electrons. The van der Waals surface area contributed by atoms with Gasteiger partial charge in [0.2, 0.25) is 0 Å². The molecule has 7 nitrogen and oxygen atoms in total. The van der Waals surface area contributed by atoms with Crippen LogP contribution in [0.2, 0.25) is 0 Å². The van der Waals surface area contributed by atoms with Crippen LogP contribution in [0.4, 0.5) is 9.59 Å². The molecule has 2 heterocycles. The predicted molar refractivity (Wildman–Crippen MR) is 85.0 cm³/mol. The van der Waals surface area contributed by atoms with E-state index < -0.39 is 5.60 Å². The molecule has 2 bridgehead atoms. The van der Waals surface area contributed by atoms with Gasteiger partial charge in [0.25, 0.3) is 0 Å². The number of fused-ring (bicyclic) bond motifs is 1. The van der Waals surface area contributed by atoms with Gasteiger partial charge in [-0.3, -0.25) is 0 Å². The second-order valence-electron chi connectivity index (χ2n) is 8.81. The van der Waals surface area contributed by atoms with Gasteiger partial charge in [0.1, 0.15) is 5.60 Å². The minimum absolute atomic E-state index is 0.0332. The largest absolute Gasteiger partial charge is 0.444 e. The Hall–Kier alpha value is -1.97. The van der Waals surface area contributed by atoms with Crippen molar-refractivity contribution in [1.29, 1.82) is 5.26 Å². The SMILES string of the molecule is CC(C)(C)OC(=O)N1CCN2C(=O)N(C34CC(C#N)(C3)C4)C[C@@H]2C1. The van der Waals surface area contributed by atoms with Gasteiger partial charge in [-0.05, 0) is 40.0 Å². The van der Waals surface area contributed by atoms with Gasteiger partial charge >= 0.3 is 12.1 Å². The summed E-state index contributed by atoms with van der Waals surface area (Å²) < 4.78 is 5.45. The highest BCUT2D eigenvalue weighted by atomic mass is 16.6. The van der Waals surface area contributed by atoms with E-state index in [1.54, 1.807) is 4.90 Å². The molecule has 5 aliphatic rings. The molecular weight excluding hydrogens is 308 g/mol. The third-order valence-corrected chi connectivity index (χ3v) is 5.82. The molecule has 2 aliphatic heterocycles. The van der Waals surface area contributed by atoms with E-state index in [1.165, 1.54) is 0 Å². The van der Waals surface area contributed by atoms with Crippen molar-refractivity contribution in [3.63, 3.8) is 0 Å². The van der Waals surface area contributed by atoms with Gasteiger partial charge in [0, 0.05) is 31.7 Å². The van der Waals surface area contributed by atoms with E-state index in [1.807, 2.05) is 30.6 Å². The highest BCUT2D eigenvalue weighted by Gasteiger charge is 2.73. The van der Waals surface area contributed by atoms with Crippen molar-refractivity contribution in [1.82, 2.24) is 14.7 Å². The normalized spacial score (nSPS) is 37.3. The number of carbonyl (C=O) groups is 2. The zero-order valence-electron chi connectivity index (χ0n) is 14.5. The Morgan fingerprint density at radius 3 is 2.50 bits per heavy atom. The zero-order chi connectivity index (χ0) is 17.3. The number of ether oxygens (including phenoxy) is 1. The quantitative estimate of drug-likeness (QED) is 0.733. The van der Waals surface area contributed by atoms with Crippen molar-refractivity contribution in [2.45, 2.75) is 57.2 Å². The fourth-order valence-electron chi connectivity index (χ4n) is 4.74. The molecule has 0 aromatic carbocycles. The molecule has 3 aliphatic carbocycles. The van der Waals surface area contributed by atoms with E-state index in [0.717, 1.165) is 19.3 Å². The molecule has 5 fully saturated rings. The number of nitriles is 1. The van der Waals surface area contributed by atoms with Crippen LogP contribution in [0.1, 0.15) is 40.0 Å². The van der Waals surface area contributed by atoms with Crippen molar-refractivity contribution in [3.05, 3.63) is 0 Å². The van der Waals surface area contributed by atoms with Gasteiger partial charge in [-0.25, -0.2) is 9.59 Å². The van der Waals surface area contributed by atoms with Crippen LogP contribution in [0, 0.1) is 16.7 Å². The summed E-state index contributed by atoms with van der Waals surface area (Å²) in [5, 5.41) is 9.18. The lowest BCUT2D eigenvalue weighted by molar-refractivity contribution is -0.163. The van der Waals surface area contributed by atoms with E-state index >= 15 is 0 Å². The van der Waals surface area contributed by atoms with Crippen LogP contribution in [0.15, 0.2) is 0 Å². The van der Waals surface area contributed by atoms with Crippen LogP contribution in [0.25, 0.3) is 0 Å². The summed E-state index contributed by atoms with van der Waals surface area (Å²) in [5.74, 6) is 0. The Morgan fingerprint density at radius 2 is 1.92 bits per heavy atom. The molecule has 0 N–H and O–H groups in total.